The first-order valence-corrected chi connectivity index (χ1v) is 6.22. The maximum absolute atomic E-state index is 11.7. The van der Waals surface area contributed by atoms with Crippen LogP contribution in [0.2, 0.25) is 10.0 Å². The van der Waals surface area contributed by atoms with Crippen LogP contribution in [0.25, 0.3) is 0 Å². The Morgan fingerprint density at radius 3 is 2.37 bits per heavy atom. The minimum atomic E-state index is -0.467. The van der Waals surface area contributed by atoms with Gasteiger partial charge in [-0.3, -0.25) is 0 Å². The number of phenols is 1. The largest absolute Gasteiger partial charge is 0.508 e. The highest BCUT2D eigenvalue weighted by atomic mass is 35.5. The lowest BCUT2D eigenvalue weighted by Gasteiger charge is -2.06. The maximum Gasteiger partial charge on any atom is 0.338 e. The van der Waals surface area contributed by atoms with E-state index in [2.05, 4.69) is 0 Å². The first-order chi connectivity index (χ1) is 9.06. The monoisotopic (exact) mass is 296 g/mol. The van der Waals surface area contributed by atoms with Gasteiger partial charge in [0.1, 0.15) is 12.4 Å². The van der Waals surface area contributed by atoms with E-state index in [1.807, 2.05) is 0 Å². The van der Waals surface area contributed by atoms with Crippen molar-refractivity contribution in [2.75, 3.05) is 0 Å². The SMILES string of the molecule is O=C(OCc1ccc(Cl)c(Cl)c1)c1ccc(O)cc1. The molecule has 0 aliphatic carbocycles. The predicted octanol–water partition coefficient (Wildman–Crippen LogP) is 4.06. The Labute approximate surface area is 120 Å². The average Bonchev–Trinajstić information content (AvgIpc) is 2.40. The van der Waals surface area contributed by atoms with Gasteiger partial charge in [-0.2, -0.15) is 0 Å². The Kier molecular flexibility index (Phi) is 4.30. The van der Waals surface area contributed by atoms with Crippen molar-refractivity contribution in [3.05, 3.63) is 63.6 Å². The number of hydrogen-bond donors (Lipinski definition) is 1. The summed E-state index contributed by atoms with van der Waals surface area (Å²) < 4.78 is 5.13. The highest BCUT2D eigenvalue weighted by Crippen LogP contribution is 2.23. The van der Waals surface area contributed by atoms with E-state index in [1.165, 1.54) is 24.3 Å². The number of benzene rings is 2. The fourth-order valence-corrected chi connectivity index (χ4v) is 1.78. The van der Waals surface area contributed by atoms with Crippen molar-refractivity contribution in [1.82, 2.24) is 0 Å². The third-order valence-electron chi connectivity index (χ3n) is 2.46. The topological polar surface area (TPSA) is 46.5 Å². The number of ether oxygens (including phenoxy) is 1. The van der Waals surface area contributed by atoms with E-state index in [9.17, 15) is 4.79 Å². The van der Waals surface area contributed by atoms with Crippen LogP contribution in [0.4, 0.5) is 0 Å². The Balaban J connectivity index is 2.00. The predicted molar refractivity (Wildman–Crippen MR) is 73.7 cm³/mol. The lowest BCUT2D eigenvalue weighted by atomic mass is 10.2. The molecule has 5 heteroatoms. The van der Waals surface area contributed by atoms with Gasteiger partial charge in [-0.05, 0) is 42.0 Å². The van der Waals surface area contributed by atoms with Crippen LogP contribution in [0.1, 0.15) is 15.9 Å². The Morgan fingerprint density at radius 2 is 1.74 bits per heavy atom. The van der Waals surface area contributed by atoms with Crippen LogP contribution in [0.5, 0.6) is 5.75 Å². The number of halogens is 2. The third-order valence-corrected chi connectivity index (χ3v) is 3.20. The van der Waals surface area contributed by atoms with Gasteiger partial charge < -0.3 is 9.84 Å². The molecular weight excluding hydrogens is 287 g/mol. The first-order valence-electron chi connectivity index (χ1n) is 5.46. The molecule has 3 nitrogen and oxygen atoms in total. The van der Waals surface area contributed by atoms with E-state index >= 15 is 0 Å². The molecule has 0 aliphatic heterocycles. The Bertz CT molecular complexity index is 594. The summed E-state index contributed by atoms with van der Waals surface area (Å²) in [5.41, 5.74) is 1.12. The number of esters is 1. The second-order valence-electron chi connectivity index (χ2n) is 3.87. The summed E-state index contributed by atoms with van der Waals surface area (Å²) in [6.07, 6.45) is 0. The minimum Gasteiger partial charge on any atom is -0.508 e. The summed E-state index contributed by atoms with van der Waals surface area (Å²) in [6, 6.07) is 10.9. The van der Waals surface area contributed by atoms with Crippen molar-refractivity contribution >= 4 is 29.2 Å². The summed E-state index contributed by atoms with van der Waals surface area (Å²) in [4.78, 5) is 11.7. The molecule has 0 bridgehead atoms. The van der Waals surface area contributed by atoms with Gasteiger partial charge in [0.05, 0.1) is 15.6 Å². The highest BCUT2D eigenvalue weighted by Gasteiger charge is 2.08. The van der Waals surface area contributed by atoms with Crippen molar-refractivity contribution in [1.29, 1.82) is 0 Å². The molecule has 0 radical (unpaired) electrons. The molecule has 0 saturated heterocycles. The molecule has 0 aliphatic rings. The van der Waals surface area contributed by atoms with Gasteiger partial charge in [-0.1, -0.05) is 29.3 Å². The van der Waals surface area contributed by atoms with Crippen LogP contribution in [0.15, 0.2) is 42.5 Å². The number of carbonyl (C=O) groups is 1. The summed E-state index contributed by atoms with van der Waals surface area (Å²) in [6.45, 7) is 0.108. The molecule has 0 saturated carbocycles. The van der Waals surface area contributed by atoms with Gasteiger partial charge in [0, 0.05) is 0 Å². The van der Waals surface area contributed by atoms with Crippen LogP contribution in [-0.2, 0) is 11.3 Å². The van der Waals surface area contributed by atoms with Gasteiger partial charge in [-0.25, -0.2) is 4.79 Å². The molecule has 2 aromatic rings. The van der Waals surface area contributed by atoms with Crippen LogP contribution >= 0.6 is 23.2 Å². The van der Waals surface area contributed by atoms with Crippen LogP contribution in [0, 0.1) is 0 Å². The fourth-order valence-electron chi connectivity index (χ4n) is 1.46. The van der Waals surface area contributed by atoms with Gasteiger partial charge >= 0.3 is 5.97 Å². The van der Waals surface area contributed by atoms with E-state index < -0.39 is 5.97 Å². The van der Waals surface area contributed by atoms with Crippen molar-refractivity contribution < 1.29 is 14.6 Å². The lowest BCUT2D eigenvalue weighted by molar-refractivity contribution is 0.0472. The molecule has 0 fully saturated rings. The summed E-state index contributed by atoms with van der Waals surface area (Å²) >= 11 is 11.7. The fraction of sp³-hybridized carbons (Fsp3) is 0.0714. The summed E-state index contributed by atoms with van der Waals surface area (Å²) in [5, 5.41) is 9.99. The number of rotatable bonds is 3. The summed E-state index contributed by atoms with van der Waals surface area (Å²) in [7, 11) is 0. The Hall–Kier alpha value is -1.71. The van der Waals surface area contributed by atoms with E-state index in [0.29, 0.717) is 15.6 Å². The molecule has 0 unspecified atom stereocenters. The van der Waals surface area contributed by atoms with E-state index in [4.69, 9.17) is 33.0 Å². The zero-order valence-corrected chi connectivity index (χ0v) is 11.3. The van der Waals surface area contributed by atoms with Crippen molar-refractivity contribution in [2.45, 2.75) is 6.61 Å². The minimum absolute atomic E-state index is 0.0982. The maximum atomic E-state index is 11.7. The molecule has 0 amide bonds. The second-order valence-corrected chi connectivity index (χ2v) is 4.69. The average molecular weight is 297 g/mol. The van der Waals surface area contributed by atoms with E-state index in [1.54, 1.807) is 18.2 Å². The van der Waals surface area contributed by atoms with Gasteiger partial charge in [0.25, 0.3) is 0 Å². The van der Waals surface area contributed by atoms with Crippen molar-refractivity contribution in [2.24, 2.45) is 0 Å². The molecule has 98 valence electrons. The van der Waals surface area contributed by atoms with E-state index in [0.717, 1.165) is 5.56 Å². The van der Waals surface area contributed by atoms with Crippen LogP contribution in [-0.4, -0.2) is 11.1 Å². The first kappa shape index (κ1) is 13.7. The zero-order valence-electron chi connectivity index (χ0n) is 9.77. The standard InChI is InChI=1S/C14H10Cl2O3/c15-12-6-1-9(7-13(12)16)8-19-14(18)10-2-4-11(17)5-3-10/h1-7,17H,8H2. The molecular formula is C14H10Cl2O3. The quantitative estimate of drug-likeness (QED) is 0.869. The molecule has 0 spiro atoms. The molecule has 0 aromatic heterocycles. The number of hydrogen-bond acceptors (Lipinski definition) is 3. The molecule has 2 aromatic carbocycles. The lowest BCUT2D eigenvalue weighted by Crippen LogP contribution is -2.04. The van der Waals surface area contributed by atoms with Crippen molar-refractivity contribution in [3.63, 3.8) is 0 Å². The van der Waals surface area contributed by atoms with Gasteiger partial charge in [0.2, 0.25) is 0 Å². The molecule has 19 heavy (non-hydrogen) atoms. The smallest absolute Gasteiger partial charge is 0.338 e. The highest BCUT2D eigenvalue weighted by molar-refractivity contribution is 6.42. The molecule has 0 heterocycles. The second kappa shape index (κ2) is 5.95. The normalized spacial score (nSPS) is 10.2. The summed E-state index contributed by atoms with van der Waals surface area (Å²) in [5.74, 6) is -0.368. The zero-order chi connectivity index (χ0) is 13.8. The van der Waals surface area contributed by atoms with E-state index in [-0.39, 0.29) is 12.4 Å². The van der Waals surface area contributed by atoms with Crippen LogP contribution in [0.3, 0.4) is 0 Å². The number of phenolic OH excluding ortho intramolecular Hbond substituents is 1. The molecule has 2 rings (SSSR count). The van der Waals surface area contributed by atoms with Gasteiger partial charge in [-0.15, -0.1) is 0 Å². The Morgan fingerprint density at radius 1 is 1.05 bits per heavy atom. The van der Waals surface area contributed by atoms with Crippen LogP contribution < -0.4 is 0 Å². The van der Waals surface area contributed by atoms with Crippen molar-refractivity contribution in [3.8, 4) is 5.75 Å². The molecule has 0 atom stereocenters. The number of aromatic hydroxyl groups is 1. The third kappa shape index (κ3) is 3.63. The number of carbonyl (C=O) groups excluding carboxylic acids is 1. The molecule has 1 N–H and O–H groups in total. The van der Waals surface area contributed by atoms with Gasteiger partial charge in [0.15, 0.2) is 0 Å².